The molecule has 1 aromatic heterocycles. The van der Waals surface area contributed by atoms with E-state index in [2.05, 4.69) is 29.4 Å². The van der Waals surface area contributed by atoms with Gasteiger partial charge in [0, 0.05) is 15.5 Å². The normalized spacial score (nSPS) is 15.6. The number of aliphatic imine (C=N–C) groups is 1. The first-order valence-corrected chi connectivity index (χ1v) is 6.67. The first-order chi connectivity index (χ1) is 6.88. The predicted molar refractivity (Wildman–Crippen MR) is 65.3 cm³/mol. The minimum atomic E-state index is 0.927. The molecule has 0 atom stereocenters. The highest BCUT2D eigenvalue weighted by Gasteiger charge is 2.06. The molecule has 0 radical (unpaired) electrons. The van der Waals surface area contributed by atoms with Gasteiger partial charge in [-0.25, -0.2) is 0 Å². The average Bonchev–Trinajstić information content (AvgIpc) is 2.86. The van der Waals surface area contributed by atoms with Crippen LogP contribution in [-0.4, -0.2) is 17.5 Å². The Kier molecular flexibility index (Phi) is 3.48. The third-order valence-corrected chi connectivity index (χ3v) is 4.23. The number of rotatable bonds is 3. The van der Waals surface area contributed by atoms with E-state index >= 15 is 0 Å². The molecule has 0 aliphatic carbocycles. The van der Waals surface area contributed by atoms with Gasteiger partial charge >= 0.3 is 0 Å². The summed E-state index contributed by atoms with van der Waals surface area (Å²) in [5.74, 6) is 1.13. The van der Waals surface area contributed by atoms with Crippen molar-refractivity contribution in [3.05, 3.63) is 21.9 Å². The second-order valence-corrected chi connectivity index (χ2v) is 5.45. The van der Waals surface area contributed by atoms with E-state index < -0.39 is 0 Å². The Morgan fingerprint density at radius 1 is 1.43 bits per heavy atom. The molecule has 2 heterocycles. The van der Waals surface area contributed by atoms with Gasteiger partial charge in [-0.15, -0.1) is 11.3 Å². The number of thioether (sulfide) groups is 1. The standard InChI is InChI=1S/C10H14N2S2/c1-2-8-3-4-9(14-8)7-12-10-11-5-6-13-10/h3-4H,2,5-7H2,1H3,(H,11,12). The Bertz CT molecular complexity index is 331. The fourth-order valence-electron chi connectivity index (χ4n) is 1.31. The molecule has 4 heteroatoms. The first kappa shape index (κ1) is 10.1. The maximum atomic E-state index is 4.35. The van der Waals surface area contributed by atoms with Crippen LogP contribution < -0.4 is 5.32 Å². The van der Waals surface area contributed by atoms with E-state index in [0.717, 1.165) is 30.4 Å². The second kappa shape index (κ2) is 4.84. The summed E-state index contributed by atoms with van der Waals surface area (Å²) in [6, 6.07) is 4.42. The Labute approximate surface area is 92.8 Å². The summed E-state index contributed by atoms with van der Waals surface area (Å²) < 4.78 is 0. The molecule has 14 heavy (non-hydrogen) atoms. The SMILES string of the molecule is CCc1ccc(CNC2=NCCS2)s1. The molecular formula is C10H14N2S2. The fraction of sp³-hybridized carbons (Fsp3) is 0.500. The summed E-state index contributed by atoms with van der Waals surface area (Å²) in [5, 5.41) is 4.47. The van der Waals surface area contributed by atoms with Crippen molar-refractivity contribution in [2.24, 2.45) is 4.99 Å². The minimum absolute atomic E-state index is 0.927. The molecule has 1 aromatic rings. The van der Waals surface area contributed by atoms with Crippen molar-refractivity contribution in [3.63, 3.8) is 0 Å². The summed E-state index contributed by atoms with van der Waals surface area (Å²) in [6.07, 6.45) is 1.14. The van der Waals surface area contributed by atoms with E-state index in [-0.39, 0.29) is 0 Å². The van der Waals surface area contributed by atoms with Crippen LogP contribution in [0.1, 0.15) is 16.7 Å². The number of nitrogens with zero attached hydrogens (tertiary/aromatic N) is 1. The van der Waals surface area contributed by atoms with Gasteiger partial charge in [-0.2, -0.15) is 0 Å². The van der Waals surface area contributed by atoms with Crippen molar-refractivity contribution < 1.29 is 0 Å². The van der Waals surface area contributed by atoms with E-state index in [9.17, 15) is 0 Å². The van der Waals surface area contributed by atoms with Crippen LogP contribution in [0.5, 0.6) is 0 Å². The van der Waals surface area contributed by atoms with Crippen molar-refractivity contribution >= 4 is 28.3 Å². The van der Waals surface area contributed by atoms with Crippen molar-refractivity contribution in [2.75, 3.05) is 12.3 Å². The highest BCUT2D eigenvalue weighted by atomic mass is 32.2. The fourth-order valence-corrected chi connectivity index (χ4v) is 2.94. The van der Waals surface area contributed by atoms with Gasteiger partial charge in [0.1, 0.15) is 0 Å². The van der Waals surface area contributed by atoms with Crippen LogP contribution in [0.3, 0.4) is 0 Å². The van der Waals surface area contributed by atoms with Crippen LogP contribution in [0.2, 0.25) is 0 Å². The lowest BCUT2D eigenvalue weighted by molar-refractivity contribution is 0.942. The van der Waals surface area contributed by atoms with E-state index in [1.54, 1.807) is 0 Å². The van der Waals surface area contributed by atoms with Gasteiger partial charge in [-0.1, -0.05) is 18.7 Å². The first-order valence-electron chi connectivity index (χ1n) is 4.87. The lowest BCUT2D eigenvalue weighted by atomic mass is 10.4. The van der Waals surface area contributed by atoms with Crippen molar-refractivity contribution in [3.8, 4) is 0 Å². The molecule has 0 amide bonds. The van der Waals surface area contributed by atoms with Crippen molar-refractivity contribution in [1.29, 1.82) is 0 Å². The number of thiophene rings is 1. The van der Waals surface area contributed by atoms with Crippen molar-refractivity contribution in [2.45, 2.75) is 19.9 Å². The van der Waals surface area contributed by atoms with Gasteiger partial charge in [-0.3, -0.25) is 4.99 Å². The molecule has 2 rings (SSSR count). The highest BCUT2D eigenvalue weighted by Crippen LogP contribution is 2.17. The van der Waals surface area contributed by atoms with E-state index in [0.29, 0.717) is 0 Å². The topological polar surface area (TPSA) is 24.4 Å². The second-order valence-electron chi connectivity index (χ2n) is 3.11. The third kappa shape index (κ3) is 2.51. The van der Waals surface area contributed by atoms with Gasteiger partial charge in [0.15, 0.2) is 5.17 Å². The third-order valence-electron chi connectivity index (χ3n) is 2.07. The zero-order chi connectivity index (χ0) is 9.80. The molecule has 0 fully saturated rings. The smallest absolute Gasteiger partial charge is 0.156 e. The molecule has 2 nitrogen and oxygen atoms in total. The van der Waals surface area contributed by atoms with Crippen LogP contribution in [0, 0.1) is 0 Å². The molecule has 1 aliphatic rings. The number of amidine groups is 1. The number of aryl methyl sites for hydroxylation is 1. The maximum absolute atomic E-state index is 4.35. The van der Waals surface area contributed by atoms with Gasteiger partial charge in [0.2, 0.25) is 0 Å². The van der Waals surface area contributed by atoms with Gasteiger partial charge in [0.25, 0.3) is 0 Å². The molecular weight excluding hydrogens is 212 g/mol. The highest BCUT2D eigenvalue weighted by molar-refractivity contribution is 8.14. The molecule has 76 valence electrons. The molecule has 1 aliphatic heterocycles. The van der Waals surface area contributed by atoms with Crippen LogP contribution in [0.4, 0.5) is 0 Å². The largest absolute Gasteiger partial charge is 0.360 e. The summed E-state index contributed by atoms with van der Waals surface area (Å²) >= 11 is 3.71. The Hall–Kier alpha value is -0.480. The van der Waals surface area contributed by atoms with E-state index in [4.69, 9.17) is 0 Å². The van der Waals surface area contributed by atoms with Crippen LogP contribution in [0.15, 0.2) is 17.1 Å². The lowest BCUT2D eigenvalue weighted by Crippen LogP contribution is -2.17. The molecule has 0 spiro atoms. The monoisotopic (exact) mass is 226 g/mol. The van der Waals surface area contributed by atoms with Crippen molar-refractivity contribution in [1.82, 2.24) is 5.32 Å². The quantitative estimate of drug-likeness (QED) is 0.856. The van der Waals surface area contributed by atoms with Gasteiger partial charge in [0.05, 0.1) is 13.1 Å². The van der Waals surface area contributed by atoms with Gasteiger partial charge in [-0.05, 0) is 18.6 Å². The van der Waals surface area contributed by atoms with E-state index in [1.807, 2.05) is 23.1 Å². The number of hydrogen-bond acceptors (Lipinski definition) is 4. The average molecular weight is 226 g/mol. The molecule has 0 saturated carbocycles. The Balaban J connectivity index is 1.85. The van der Waals surface area contributed by atoms with Crippen LogP contribution in [-0.2, 0) is 13.0 Å². The molecule has 0 bridgehead atoms. The van der Waals surface area contributed by atoms with E-state index in [1.165, 1.54) is 9.75 Å². The zero-order valence-corrected chi connectivity index (χ0v) is 9.88. The lowest BCUT2D eigenvalue weighted by Gasteiger charge is -2.01. The summed E-state index contributed by atoms with van der Waals surface area (Å²) in [6.45, 7) is 4.09. The van der Waals surface area contributed by atoms with Crippen LogP contribution in [0.25, 0.3) is 0 Å². The molecule has 0 saturated heterocycles. The molecule has 1 N–H and O–H groups in total. The Morgan fingerprint density at radius 3 is 2.93 bits per heavy atom. The maximum Gasteiger partial charge on any atom is 0.156 e. The number of nitrogens with one attached hydrogen (secondary N) is 1. The predicted octanol–water partition coefficient (Wildman–Crippen LogP) is 2.50. The summed E-state index contributed by atoms with van der Waals surface area (Å²) in [4.78, 5) is 7.21. The molecule has 0 aromatic carbocycles. The summed E-state index contributed by atoms with van der Waals surface area (Å²) in [5.41, 5.74) is 0. The van der Waals surface area contributed by atoms with Gasteiger partial charge < -0.3 is 5.32 Å². The minimum Gasteiger partial charge on any atom is -0.360 e. The Morgan fingerprint density at radius 2 is 2.29 bits per heavy atom. The molecule has 0 unspecified atom stereocenters. The number of hydrogen-bond donors (Lipinski definition) is 1. The summed E-state index contributed by atoms with van der Waals surface area (Å²) in [7, 11) is 0. The zero-order valence-electron chi connectivity index (χ0n) is 8.25. The van der Waals surface area contributed by atoms with Crippen LogP contribution >= 0.6 is 23.1 Å².